The molecule has 0 fully saturated rings. The van der Waals surface area contributed by atoms with Crippen LogP contribution in [-0.2, 0) is 0 Å². The maximum absolute atomic E-state index is 7.92. The summed E-state index contributed by atoms with van der Waals surface area (Å²) >= 11 is 3.52. The summed E-state index contributed by atoms with van der Waals surface area (Å²) in [6, 6.07) is 0. The molecule has 0 aliphatic rings. The van der Waals surface area contributed by atoms with Gasteiger partial charge in [0.15, 0.2) is 0 Å². The normalized spacial score (nSPS) is 12.6. The van der Waals surface area contributed by atoms with Crippen molar-refractivity contribution in [2.45, 2.75) is 12.4 Å². The second-order valence-corrected chi connectivity index (χ2v) is 1.38. The first-order chi connectivity index (χ1) is 1.73. The summed E-state index contributed by atoms with van der Waals surface area (Å²) in [6.07, 6.45) is 0. The van der Waals surface area contributed by atoms with Crippen molar-refractivity contribution in [2.75, 3.05) is 0 Å². The van der Waals surface area contributed by atoms with E-state index < -0.39 is 5.44 Å². The molecule has 3 N–H and O–H groups in total. The van der Waals surface area contributed by atoms with Gasteiger partial charge >= 0.3 is 0 Å². The third-order valence-corrected chi connectivity index (χ3v) is 0. The van der Waals surface area contributed by atoms with E-state index in [1.807, 2.05) is 0 Å². The highest BCUT2D eigenvalue weighted by atomic mass is 32.1. The van der Waals surface area contributed by atoms with E-state index in [1.54, 1.807) is 6.92 Å². The molecule has 2 nitrogen and oxygen atoms in total. The van der Waals surface area contributed by atoms with Crippen LogP contribution in [0.3, 0.4) is 0 Å². The predicted octanol–water partition coefficient (Wildman–Crippen LogP) is -0.570. The van der Waals surface area contributed by atoms with Gasteiger partial charge in [-0.05, 0) is 6.92 Å². The lowest BCUT2D eigenvalue weighted by Crippen LogP contribution is -1.79. The smallest absolute Gasteiger partial charge is 0.0936 e. The van der Waals surface area contributed by atoms with Crippen LogP contribution < -0.4 is 0 Å². The quantitative estimate of drug-likeness (QED) is 0.308. The molecule has 0 radical (unpaired) electrons. The highest BCUT2D eigenvalue weighted by Crippen LogP contribution is 1.78. The zero-order valence-corrected chi connectivity index (χ0v) is 3.87. The minimum atomic E-state index is -0.472. The molecule has 0 bridgehead atoms. The molecule has 5 heavy (non-hydrogen) atoms. The topological polar surface area (TPSA) is 51.7 Å². The van der Waals surface area contributed by atoms with Gasteiger partial charge in [0.05, 0.1) is 5.44 Å². The van der Waals surface area contributed by atoms with Crippen LogP contribution in [-0.4, -0.2) is 16.0 Å². The second kappa shape index (κ2) is 4.27. The highest BCUT2D eigenvalue weighted by molar-refractivity contribution is 7.80. The average Bonchev–Trinajstić information content (AvgIpc) is 0.811. The second-order valence-electron chi connectivity index (χ2n) is 0.632. The molecule has 0 saturated carbocycles. The summed E-state index contributed by atoms with van der Waals surface area (Å²) in [5, 5.41) is 7.92. The van der Waals surface area contributed by atoms with Crippen molar-refractivity contribution in [2.24, 2.45) is 0 Å². The average molecular weight is 96.2 g/mol. The van der Waals surface area contributed by atoms with Gasteiger partial charge in [0.2, 0.25) is 0 Å². The molecule has 0 aromatic rings. The van der Waals surface area contributed by atoms with Gasteiger partial charge in [0.25, 0.3) is 0 Å². The third-order valence-electron chi connectivity index (χ3n) is 0. The van der Waals surface area contributed by atoms with Crippen LogP contribution in [0.25, 0.3) is 0 Å². The van der Waals surface area contributed by atoms with Crippen LogP contribution in [0.2, 0.25) is 0 Å². The van der Waals surface area contributed by atoms with E-state index >= 15 is 0 Å². The fourth-order valence-electron chi connectivity index (χ4n) is 0. The van der Waals surface area contributed by atoms with E-state index in [1.165, 1.54) is 0 Å². The number of hydrogen-bond donors (Lipinski definition) is 2. The molecule has 1 atom stereocenters. The van der Waals surface area contributed by atoms with E-state index in [4.69, 9.17) is 5.11 Å². The number of aliphatic hydroxyl groups is 1. The predicted molar refractivity (Wildman–Crippen MR) is 24.3 cm³/mol. The minimum absolute atomic E-state index is 0. The van der Waals surface area contributed by atoms with E-state index in [2.05, 4.69) is 12.6 Å². The Morgan fingerprint density at radius 1 is 1.80 bits per heavy atom. The highest BCUT2D eigenvalue weighted by Gasteiger charge is 1.70. The summed E-state index contributed by atoms with van der Waals surface area (Å²) in [5.74, 6) is 0. The molecule has 1 unspecified atom stereocenters. The Balaban J connectivity index is 0. The monoisotopic (exact) mass is 96.0 g/mol. The van der Waals surface area contributed by atoms with Crippen molar-refractivity contribution in [3.8, 4) is 0 Å². The summed E-state index contributed by atoms with van der Waals surface area (Å²) in [7, 11) is 0. The summed E-state index contributed by atoms with van der Waals surface area (Å²) < 4.78 is 0. The SMILES string of the molecule is CC(O)S.O. The molecule has 0 spiro atoms. The number of aliphatic hydroxyl groups excluding tert-OH is 1. The van der Waals surface area contributed by atoms with Gasteiger partial charge in [-0.2, -0.15) is 0 Å². The van der Waals surface area contributed by atoms with Gasteiger partial charge in [0.1, 0.15) is 0 Å². The maximum Gasteiger partial charge on any atom is 0.0936 e. The van der Waals surface area contributed by atoms with Gasteiger partial charge in [-0.25, -0.2) is 0 Å². The molecule has 0 aromatic heterocycles. The van der Waals surface area contributed by atoms with Crippen LogP contribution in [0.1, 0.15) is 6.92 Å². The molecular formula is C2H8O2S. The van der Waals surface area contributed by atoms with Crippen molar-refractivity contribution in [1.29, 1.82) is 0 Å². The van der Waals surface area contributed by atoms with Gasteiger partial charge < -0.3 is 10.6 Å². The molecule has 3 heteroatoms. The Hall–Kier alpha value is 0.270. The molecule has 0 aromatic carbocycles. The zero-order valence-electron chi connectivity index (χ0n) is 2.97. The molecule has 0 aliphatic carbocycles. The summed E-state index contributed by atoms with van der Waals surface area (Å²) in [4.78, 5) is 0. The van der Waals surface area contributed by atoms with Crippen LogP contribution in [0, 0.1) is 0 Å². The Labute approximate surface area is 36.5 Å². The van der Waals surface area contributed by atoms with Crippen LogP contribution in [0.4, 0.5) is 0 Å². The lowest BCUT2D eigenvalue weighted by atomic mass is 10.9. The van der Waals surface area contributed by atoms with Gasteiger partial charge in [0, 0.05) is 0 Å². The van der Waals surface area contributed by atoms with Gasteiger partial charge in [-0.1, -0.05) is 0 Å². The fourth-order valence-corrected chi connectivity index (χ4v) is 0. The molecule has 0 saturated heterocycles. The van der Waals surface area contributed by atoms with E-state index in [0.717, 1.165) is 0 Å². The zero-order chi connectivity index (χ0) is 3.58. The Morgan fingerprint density at radius 3 is 1.80 bits per heavy atom. The molecular weight excluding hydrogens is 88.1 g/mol. The van der Waals surface area contributed by atoms with Crippen LogP contribution in [0.15, 0.2) is 0 Å². The number of hydrogen-bond acceptors (Lipinski definition) is 2. The summed E-state index contributed by atoms with van der Waals surface area (Å²) in [6.45, 7) is 1.59. The first-order valence-corrected chi connectivity index (χ1v) is 1.61. The lowest BCUT2D eigenvalue weighted by Gasteiger charge is -1.79. The fraction of sp³-hybridized carbons (Fsp3) is 1.00. The lowest BCUT2D eigenvalue weighted by molar-refractivity contribution is 0.286. The largest absolute Gasteiger partial charge is 0.412 e. The van der Waals surface area contributed by atoms with Gasteiger partial charge in [-0.3, -0.25) is 0 Å². The van der Waals surface area contributed by atoms with Crippen molar-refractivity contribution in [1.82, 2.24) is 0 Å². The standard InChI is InChI=1S/C2H6OS.H2O/c1-2(3)4;/h2-4H,1H3;1H2. The molecule has 0 rings (SSSR count). The molecule has 34 valence electrons. The van der Waals surface area contributed by atoms with Gasteiger partial charge in [-0.15, -0.1) is 12.6 Å². The Kier molecular flexibility index (Phi) is 7.67. The maximum atomic E-state index is 7.92. The molecule has 0 aliphatic heterocycles. The van der Waals surface area contributed by atoms with Crippen LogP contribution >= 0.6 is 12.6 Å². The Bertz CT molecular complexity index is 12.4. The third kappa shape index (κ3) is 302. The number of rotatable bonds is 0. The number of thiol groups is 1. The van der Waals surface area contributed by atoms with Crippen molar-refractivity contribution >= 4 is 12.6 Å². The first kappa shape index (κ1) is 8.99. The van der Waals surface area contributed by atoms with E-state index in [0.29, 0.717) is 0 Å². The van der Waals surface area contributed by atoms with E-state index in [-0.39, 0.29) is 5.48 Å². The first-order valence-electron chi connectivity index (χ1n) is 1.09. The minimum Gasteiger partial charge on any atom is -0.412 e. The van der Waals surface area contributed by atoms with E-state index in [9.17, 15) is 0 Å². The van der Waals surface area contributed by atoms with Crippen molar-refractivity contribution in [3.63, 3.8) is 0 Å². The molecule has 0 heterocycles. The summed E-state index contributed by atoms with van der Waals surface area (Å²) in [5.41, 5.74) is -0.472. The Morgan fingerprint density at radius 2 is 1.80 bits per heavy atom. The van der Waals surface area contributed by atoms with Crippen LogP contribution in [0.5, 0.6) is 0 Å². The van der Waals surface area contributed by atoms with Crippen molar-refractivity contribution < 1.29 is 10.6 Å². The van der Waals surface area contributed by atoms with Crippen molar-refractivity contribution in [3.05, 3.63) is 0 Å². The molecule has 0 amide bonds.